The number of carbonyl (C=O) groups is 4. The van der Waals surface area contributed by atoms with E-state index in [0.29, 0.717) is 45.2 Å². The fourth-order valence-electron chi connectivity index (χ4n) is 3.97. The predicted octanol–water partition coefficient (Wildman–Crippen LogP) is -0.159. The molecular formula is C19H32N4O5S. The molecular weight excluding hydrogens is 396 g/mol. The van der Waals surface area contributed by atoms with E-state index in [4.69, 9.17) is 5.73 Å². The van der Waals surface area contributed by atoms with Gasteiger partial charge in [0.1, 0.15) is 18.1 Å². The van der Waals surface area contributed by atoms with Crippen LogP contribution in [0.3, 0.4) is 0 Å². The number of nitrogens with one attached hydrogen (secondary N) is 1. The third kappa shape index (κ3) is 5.22. The Balaban J connectivity index is 2.18. The Hall–Kier alpha value is -1.81. The average Bonchev–Trinajstić information content (AvgIpc) is 3.39. The highest BCUT2D eigenvalue weighted by Crippen LogP contribution is 2.26. The fraction of sp³-hybridized carbons (Fsp3) is 0.789. The molecule has 2 aliphatic heterocycles. The number of carboxylic acid groups (broad SMARTS) is 1. The summed E-state index contributed by atoms with van der Waals surface area (Å²) in [6.07, 6.45) is 2.87. The Bertz CT molecular complexity index is 646. The first kappa shape index (κ1) is 23.5. The third-order valence-corrected chi connectivity index (χ3v) is 6.35. The molecule has 164 valence electrons. The van der Waals surface area contributed by atoms with E-state index in [9.17, 15) is 24.3 Å². The van der Waals surface area contributed by atoms with Crippen LogP contribution >= 0.6 is 12.6 Å². The van der Waals surface area contributed by atoms with E-state index in [1.54, 1.807) is 0 Å². The molecule has 0 aromatic carbocycles. The summed E-state index contributed by atoms with van der Waals surface area (Å²) in [6, 6.07) is -3.14. The number of carboxylic acids is 1. The van der Waals surface area contributed by atoms with Gasteiger partial charge in [0.05, 0.1) is 6.04 Å². The molecule has 0 aromatic heterocycles. The van der Waals surface area contributed by atoms with E-state index in [2.05, 4.69) is 17.9 Å². The fourth-order valence-corrected chi connectivity index (χ4v) is 4.14. The molecule has 0 spiro atoms. The van der Waals surface area contributed by atoms with Gasteiger partial charge in [-0.05, 0) is 31.6 Å². The third-order valence-electron chi connectivity index (χ3n) is 5.95. The lowest BCUT2D eigenvalue weighted by Gasteiger charge is -2.34. The number of thiol groups is 1. The standard InChI is InChI=1S/C19H32N4O5S/c1-3-11(2)15(21-16(24)12(20)10-29)18(26)22-8-4-6-13(22)17(25)23-9-5-7-14(23)19(27)28/h11-15,29H,3-10,20H2,1-2H3,(H,21,24)(H,27,28). The van der Waals surface area contributed by atoms with Gasteiger partial charge in [0.15, 0.2) is 0 Å². The van der Waals surface area contributed by atoms with Crippen LogP contribution in [0.15, 0.2) is 0 Å². The summed E-state index contributed by atoms with van der Waals surface area (Å²) in [5, 5.41) is 12.1. The SMILES string of the molecule is CCC(C)C(NC(=O)C(N)CS)C(=O)N1CCCC1C(=O)N1CCCC1C(=O)O. The number of nitrogens with zero attached hydrogens (tertiary/aromatic N) is 2. The average molecular weight is 429 g/mol. The van der Waals surface area contributed by atoms with Crippen LogP contribution < -0.4 is 11.1 Å². The Morgan fingerprint density at radius 1 is 1.14 bits per heavy atom. The van der Waals surface area contributed by atoms with Gasteiger partial charge in [0.25, 0.3) is 0 Å². The smallest absolute Gasteiger partial charge is 0.326 e. The molecule has 2 heterocycles. The van der Waals surface area contributed by atoms with Crippen molar-refractivity contribution in [3.63, 3.8) is 0 Å². The molecule has 0 saturated carbocycles. The molecule has 0 radical (unpaired) electrons. The zero-order valence-electron chi connectivity index (χ0n) is 17.0. The van der Waals surface area contributed by atoms with Crippen molar-refractivity contribution in [1.82, 2.24) is 15.1 Å². The minimum absolute atomic E-state index is 0.145. The highest BCUT2D eigenvalue weighted by molar-refractivity contribution is 7.80. The van der Waals surface area contributed by atoms with Crippen molar-refractivity contribution in [2.45, 2.75) is 70.1 Å². The van der Waals surface area contributed by atoms with Gasteiger partial charge >= 0.3 is 5.97 Å². The zero-order chi connectivity index (χ0) is 21.7. The molecule has 0 aromatic rings. The lowest BCUT2D eigenvalue weighted by molar-refractivity contribution is -0.152. The summed E-state index contributed by atoms with van der Waals surface area (Å²) in [7, 11) is 0. The van der Waals surface area contributed by atoms with Gasteiger partial charge in [0, 0.05) is 18.8 Å². The van der Waals surface area contributed by atoms with E-state index < -0.39 is 36.0 Å². The summed E-state index contributed by atoms with van der Waals surface area (Å²) < 4.78 is 0. The maximum atomic E-state index is 13.3. The first-order valence-electron chi connectivity index (χ1n) is 10.2. The molecule has 5 atom stereocenters. The highest BCUT2D eigenvalue weighted by atomic mass is 32.1. The van der Waals surface area contributed by atoms with Crippen LogP contribution in [0.25, 0.3) is 0 Å². The molecule has 9 nitrogen and oxygen atoms in total. The minimum atomic E-state index is -1.02. The quantitative estimate of drug-likeness (QED) is 0.397. The second-order valence-corrected chi connectivity index (χ2v) is 8.24. The van der Waals surface area contributed by atoms with Crippen molar-refractivity contribution in [2.24, 2.45) is 11.7 Å². The van der Waals surface area contributed by atoms with Crippen molar-refractivity contribution >= 4 is 36.3 Å². The normalized spacial score (nSPS) is 24.8. The molecule has 4 N–H and O–H groups in total. The first-order valence-corrected chi connectivity index (χ1v) is 10.9. The molecule has 2 aliphatic rings. The highest BCUT2D eigenvalue weighted by Gasteiger charge is 2.44. The molecule has 2 rings (SSSR count). The van der Waals surface area contributed by atoms with Crippen LogP contribution in [0, 0.1) is 5.92 Å². The summed E-state index contributed by atoms with van der Waals surface area (Å²) in [5.41, 5.74) is 5.73. The van der Waals surface area contributed by atoms with Crippen LogP contribution in [0.4, 0.5) is 0 Å². The van der Waals surface area contributed by atoms with E-state index in [1.807, 2.05) is 13.8 Å². The van der Waals surface area contributed by atoms with Crippen LogP contribution in [0.2, 0.25) is 0 Å². The van der Waals surface area contributed by atoms with E-state index in [0.717, 1.165) is 0 Å². The van der Waals surface area contributed by atoms with Gasteiger partial charge in [-0.25, -0.2) is 4.79 Å². The minimum Gasteiger partial charge on any atom is -0.480 e. The molecule has 5 unspecified atom stereocenters. The second kappa shape index (κ2) is 10.3. The monoisotopic (exact) mass is 428 g/mol. The molecule has 29 heavy (non-hydrogen) atoms. The summed E-state index contributed by atoms with van der Waals surface area (Å²) >= 11 is 4.03. The number of likely N-dealkylation sites (tertiary alicyclic amines) is 2. The topological polar surface area (TPSA) is 133 Å². The summed E-state index contributed by atoms with van der Waals surface area (Å²) in [6.45, 7) is 4.58. The number of rotatable bonds is 8. The number of nitrogens with two attached hydrogens (primary N) is 1. The van der Waals surface area contributed by atoms with E-state index >= 15 is 0 Å². The number of hydrogen-bond donors (Lipinski definition) is 4. The van der Waals surface area contributed by atoms with Crippen molar-refractivity contribution in [1.29, 1.82) is 0 Å². The van der Waals surface area contributed by atoms with Crippen LogP contribution in [0.5, 0.6) is 0 Å². The molecule has 0 aliphatic carbocycles. The molecule has 10 heteroatoms. The second-order valence-electron chi connectivity index (χ2n) is 7.88. The summed E-state index contributed by atoms with van der Waals surface area (Å²) in [4.78, 5) is 53.0. The van der Waals surface area contributed by atoms with Crippen molar-refractivity contribution < 1.29 is 24.3 Å². The number of aliphatic carboxylic acids is 1. The number of carbonyl (C=O) groups excluding carboxylic acids is 3. The summed E-state index contributed by atoms with van der Waals surface area (Å²) in [5.74, 6) is -2.09. The zero-order valence-corrected chi connectivity index (χ0v) is 17.9. The maximum Gasteiger partial charge on any atom is 0.326 e. The van der Waals surface area contributed by atoms with Gasteiger partial charge in [-0.3, -0.25) is 14.4 Å². The Kier molecular flexibility index (Phi) is 8.33. The predicted molar refractivity (Wildman–Crippen MR) is 110 cm³/mol. The lowest BCUT2D eigenvalue weighted by Crippen LogP contribution is -2.58. The van der Waals surface area contributed by atoms with E-state index in [-0.39, 0.29) is 23.5 Å². The molecule has 3 amide bonds. The Morgan fingerprint density at radius 2 is 1.72 bits per heavy atom. The van der Waals surface area contributed by atoms with E-state index in [1.165, 1.54) is 9.80 Å². The van der Waals surface area contributed by atoms with Crippen LogP contribution in [0.1, 0.15) is 46.0 Å². The molecule has 0 bridgehead atoms. The Morgan fingerprint density at radius 3 is 2.28 bits per heavy atom. The first-order chi connectivity index (χ1) is 13.7. The Labute approximate surface area is 176 Å². The van der Waals surface area contributed by atoms with Gasteiger partial charge in [-0.15, -0.1) is 0 Å². The molecule has 2 saturated heterocycles. The van der Waals surface area contributed by atoms with Gasteiger partial charge in [-0.2, -0.15) is 12.6 Å². The van der Waals surface area contributed by atoms with Crippen LogP contribution in [-0.2, 0) is 19.2 Å². The number of amides is 3. The largest absolute Gasteiger partial charge is 0.480 e. The lowest BCUT2D eigenvalue weighted by atomic mass is 9.97. The van der Waals surface area contributed by atoms with Crippen molar-refractivity contribution in [2.75, 3.05) is 18.8 Å². The van der Waals surface area contributed by atoms with Gasteiger partial charge < -0.3 is 26.0 Å². The van der Waals surface area contributed by atoms with Gasteiger partial charge in [0.2, 0.25) is 17.7 Å². The van der Waals surface area contributed by atoms with Crippen LogP contribution in [-0.4, -0.2) is 81.6 Å². The van der Waals surface area contributed by atoms with Gasteiger partial charge in [-0.1, -0.05) is 20.3 Å². The van der Waals surface area contributed by atoms with Crippen molar-refractivity contribution in [3.05, 3.63) is 0 Å². The number of hydrogen-bond acceptors (Lipinski definition) is 6. The molecule has 2 fully saturated rings. The van der Waals surface area contributed by atoms with Crippen molar-refractivity contribution in [3.8, 4) is 0 Å². The maximum absolute atomic E-state index is 13.3.